The number of nitrogens with one attached hydrogen (secondary N) is 2. The highest BCUT2D eigenvalue weighted by molar-refractivity contribution is 5.82. The molecule has 1 heterocycles. The van der Waals surface area contributed by atoms with Gasteiger partial charge in [0.25, 0.3) is 0 Å². The molecule has 0 atom stereocenters. The quantitative estimate of drug-likeness (QED) is 0.740. The molecular weight excluding hydrogens is 252 g/mol. The molecule has 0 aromatic heterocycles. The Morgan fingerprint density at radius 1 is 1.05 bits per heavy atom. The van der Waals surface area contributed by atoms with Crippen LogP contribution in [0.4, 0.5) is 0 Å². The number of rotatable bonds is 3. The van der Waals surface area contributed by atoms with Crippen LogP contribution in [0.5, 0.6) is 0 Å². The molecule has 4 nitrogen and oxygen atoms in total. The standard InChI is InChI=1S/C16H30N2O2/c1-14(2)4-6-16(20,7-5-14)12-18-13(19)15(3)8-10-17-11-9-15/h17,20H,4-12H2,1-3H3,(H,18,19). The predicted octanol–water partition coefficient (Wildman–Crippen LogP) is 1.82. The molecule has 1 saturated heterocycles. The van der Waals surface area contributed by atoms with Crippen molar-refractivity contribution in [3.05, 3.63) is 0 Å². The van der Waals surface area contributed by atoms with E-state index in [4.69, 9.17) is 0 Å². The number of hydrogen-bond acceptors (Lipinski definition) is 3. The van der Waals surface area contributed by atoms with Crippen molar-refractivity contribution in [2.75, 3.05) is 19.6 Å². The molecule has 2 aliphatic rings. The molecule has 0 aromatic carbocycles. The van der Waals surface area contributed by atoms with Gasteiger partial charge in [-0.25, -0.2) is 0 Å². The van der Waals surface area contributed by atoms with Crippen LogP contribution < -0.4 is 10.6 Å². The summed E-state index contributed by atoms with van der Waals surface area (Å²) >= 11 is 0. The Morgan fingerprint density at radius 2 is 1.60 bits per heavy atom. The van der Waals surface area contributed by atoms with Crippen LogP contribution in [0.15, 0.2) is 0 Å². The third-order valence-corrected chi connectivity index (χ3v) is 5.37. The molecule has 4 heteroatoms. The van der Waals surface area contributed by atoms with Crippen molar-refractivity contribution < 1.29 is 9.90 Å². The molecule has 0 bridgehead atoms. The van der Waals surface area contributed by atoms with Crippen molar-refractivity contribution in [2.45, 2.75) is 64.9 Å². The van der Waals surface area contributed by atoms with Crippen molar-refractivity contribution in [3.8, 4) is 0 Å². The van der Waals surface area contributed by atoms with E-state index in [-0.39, 0.29) is 11.3 Å². The maximum Gasteiger partial charge on any atom is 0.226 e. The number of carbonyl (C=O) groups is 1. The summed E-state index contributed by atoms with van der Waals surface area (Å²) in [4.78, 5) is 12.4. The lowest BCUT2D eigenvalue weighted by Crippen LogP contribution is -2.51. The fourth-order valence-corrected chi connectivity index (χ4v) is 3.23. The molecule has 2 fully saturated rings. The van der Waals surface area contributed by atoms with Crippen LogP contribution in [0, 0.1) is 10.8 Å². The first-order chi connectivity index (χ1) is 9.25. The lowest BCUT2D eigenvalue weighted by molar-refractivity contribution is -0.133. The summed E-state index contributed by atoms with van der Waals surface area (Å²) in [7, 11) is 0. The van der Waals surface area contributed by atoms with Crippen molar-refractivity contribution in [2.24, 2.45) is 10.8 Å². The van der Waals surface area contributed by atoms with Crippen molar-refractivity contribution in [1.82, 2.24) is 10.6 Å². The van der Waals surface area contributed by atoms with E-state index in [1.807, 2.05) is 6.92 Å². The highest BCUT2D eigenvalue weighted by Gasteiger charge is 2.39. The van der Waals surface area contributed by atoms with E-state index >= 15 is 0 Å². The first kappa shape index (κ1) is 15.8. The molecule has 116 valence electrons. The van der Waals surface area contributed by atoms with Gasteiger partial charge in [-0.3, -0.25) is 4.79 Å². The second-order valence-corrected chi connectivity index (χ2v) is 7.88. The molecule has 20 heavy (non-hydrogen) atoms. The van der Waals surface area contributed by atoms with E-state index in [1.54, 1.807) is 0 Å². The minimum absolute atomic E-state index is 0.109. The third-order valence-electron chi connectivity index (χ3n) is 5.37. The molecule has 0 radical (unpaired) electrons. The zero-order chi connectivity index (χ0) is 14.9. The Bertz CT molecular complexity index is 349. The molecule has 1 aliphatic heterocycles. The van der Waals surface area contributed by atoms with Gasteiger partial charge in [-0.2, -0.15) is 0 Å². The fraction of sp³-hybridized carbons (Fsp3) is 0.938. The first-order valence-electron chi connectivity index (χ1n) is 7.96. The van der Waals surface area contributed by atoms with Gasteiger partial charge in [0.1, 0.15) is 0 Å². The first-order valence-corrected chi connectivity index (χ1v) is 7.96. The fourth-order valence-electron chi connectivity index (χ4n) is 3.23. The number of aliphatic hydroxyl groups is 1. The van der Waals surface area contributed by atoms with Crippen LogP contribution in [0.2, 0.25) is 0 Å². The van der Waals surface area contributed by atoms with Crippen molar-refractivity contribution >= 4 is 5.91 Å². The molecule has 0 spiro atoms. The average Bonchev–Trinajstić information content (AvgIpc) is 2.41. The monoisotopic (exact) mass is 282 g/mol. The topological polar surface area (TPSA) is 61.4 Å². The highest BCUT2D eigenvalue weighted by Crippen LogP contribution is 2.40. The summed E-state index contributed by atoms with van der Waals surface area (Å²) < 4.78 is 0. The second kappa shape index (κ2) is 5.64. The van der Waals surface area contributed by atoms with E-state index in [2.05, 4.69) is 24.5 Å². The number of hydrogen-bond donors (Lipinski definition) is 3. The molecule has 2 rings (SSSR count). The molecule has 3 N–H and O–H groups in total. The minimum atomic E-state index is -0.700. The van der Waals surface area contributed by atoms with Crippen molar-refractivity contribution in [1.29, 1.82) is 0 Å². The van der Waals surface area contributed by atoms with Crippen LogP contribution in [0.25, 0.3) is 0 Å². The lowest BCUT2D eigenvalue weighted by Gasteiger charge is -2.41. The van der Waals surface area contributed by atoms with Gasteiger partial charge < -0.3 is 15.7 Å². The predicted molar refractivity (Wildman–Crippen MR) is 80.4 cm³/mol. The Balaban J connectivity index is 1.84. The maximum absolute atomic E-state index is 12.4. The van der Waals surface area contributed by atoms with Gasteiger partial charge in [0.2, 0.25) is 5.91 Å². The summed E-state index contributed by atoms with van der Waals surface area (Å²) in [5.74, 6) is 0.109. The highest BCUT2D eigenvalue weighted by atomic mass is 16.3. The van der Waals surface area contributed by atoms with Crippen LogP contribution in [-0.4, -0.2) is 36.2 Å². The summed E-state index contributed by atoms with van der Waals surface area (Å²) in [6, 6.07) is 0. The Hall–Kier alpha value is -0.610. The van der Waals surface area contributed by atoms with Gasteiger partial charge in [0.15, 0.2) is 0 Å². The number of carbonyl (C=O) groups excluding carboxylic acids is 1. The molecule has 1 saturated carbocycles. The summed E-state index contributed by atoms with van der Waals surface area (Å²) in [5.41, 5.74) is -0.638. The zero-order valence-corrected chi connectivity index (χ0v) is 13.2. The lowest BCUT2D eigenvalue weighted by atomic mass is 9.71. The van der Waals surface area contributed by atoms with Gasteiger partial charge in [-0.15, -0.1) is 0 Å². The smallest absolute Gasteiger partial charge is 0.226 e. The van der Waals surface area contributed by atoms with E-state index in [0.29, 0.717) is 12.0 Å². The second-order valence-electron chi connectivity index (χ2n) is 7.88. The molecule has 0 unspecified atom stereocenters. The molecule has 1 aliphatic carbocycles. The van der Waals surface area contributed by atoms with Gasteiger partial charge in [0.05, 0.1) is 5.60 Å². The summed E-state index contributed by atoms with van der Waals surface area (Å²) in [6.45, 7) is 8.76. The van der Waals surface area contributed by atoms with Crippen molar-refractivity contribution in [3.63, 3.8) is 0 Å². The van der Waals surface area contributed by atoms with E-state index in [9.17, 15) is 9.90 Å². The molecular formula is C16H30N2O2. The van der Waals surface area contributed by atoms with Gasteiger partial charge in [0, 0.05) is 12.0 Å². The van der Waals surface area contributed by atoms with Gasteiger partial charge in [-0.05, 0) is 57.0 Å². The van der Waals surface area contributed by atoms with E-state index in [0.717, 1.165) is 51.6 Å². The van der Waals surface area contributed by atoms with Crippen LogP contribution in [0.3, 0.4) is 0 Å². The summed E-state index contributed by atoms with van der Waals surface area (Å²) in [6.07, 6.45) is 5.40. The maximum atomic E-state index is 12.4. The van der Waals surface area contributed by atoms with E-state index < -0.39 is 5.60 Å². The molecule has 1 amide bonds. The number of amides is 1. The van der Waals surface area contributed by atoms with Gasteiger partial charge in [-0.1, -0.05) is 20.8 Å². The van der Waals surface area contributed by atoms with Crippen LogP contribution >= 0.6 is 0 Å². The van der Waals surface area contributed by atoms with Gasteiger partial charge >= 0.3 is 0 Å². The normalized spacial score (nSPS) is 27.8. The number of piperidine rings is 1. The summed E-state index contributed by atoms with van der Waals surface area (Å²) in [5, 5.41) is 16.9. The largest absolute Gasteiger partial charge is 0.388 e. The van der Waals surface area contributed by atoms with Crippen LogP contribution in [-0.2, 0) is 4.79 Å². The SMILES string of the molecule is CC1(C)CCC(O)(CNC(=O)C2(C)CCNCC2)CC1. The molecule has 0 aromatic rings. The minimum Gasteiger partial charge on any atom is -0.388 e. The Morgan fingerprint density at radius 3 is 2.15 bits per heavy atom. The Kier molecular flexibility index (Phi) is 4.45. The van der Waals surface area contributed by atoms with E-state index in [1.165, 1.54) is 0 Å². The Labute approximate surface area is 122 Å². The average molecular weight is 282 g/mol. The third kappa shape index (κ3) is 3.73. The van der Waals surface area contributed by atoms with Crippen LogP contribution in [0.1, 0.15) is 59.3 Å². The zero-order valence-electron chi connectivity index (χ0n) is 13.2.